The minimum Gasteiger partial charge on any atom is -0.338 e. The van der Waals surface area contributed by atoms with E-state index in [-0.39, 0.29) is 11.6 Å². The monoisotopic (exact) mass is 346 g/mol. The largest absolute Gasteiger partial charge is 0.338 e. The van der Waals surface area contributed by atoms with E-state index in [1.165, 1.54) is 5.56 Å². The first-order chi connectivity index (χ1) is 11.9. The zero-order valence-electron chi connectivity index (χ0n) is 16.2. The van der Waals surface area contributed by atoms with E-state index >= 15 is 0 Å². The lowest BCUT2D eigenvalue weighted by Gasteiger charge is -2.45. The van der Waals surface area contributed by atoms with Crippen molar-refractivity contribution in [3.05, 3.63) is 35.9 Å². The summed E-state index contributed by atoms with van der Waals surface area (Å²) in [4.78, 5) is 16.8. The third-order valence-electron chi connectivity index (χ3n) is 5.34. The number of nitrogens with zero attached hydrogens (tertiary/aromatic N) is 2. The smallest absolute Gasteiger partial charge is 0.314 e. The molecule has 1 atom stereocenters. The summed E-state index contributed by atoms with van der Waals surface area (Å²) in [5.74, 6) is 0.453. The summed E-state index contributed by atoms with van der Waals surface area (Å²) < 4.78 is 0. The minimum absolute atomic E-state index is 0.0614. The highest BCUT2D eigenvalue weighted by Gasteiger charge is 2.30. The number of urea groups is 1. The maximum absolute atomic E-state index is 11.9. The van der Waals surface area contributed by atoms with Gasteiger partial charge in [0, 0.05) is 44.8 Å². The lowest BCUT2D eigenvalue weighted by molar-refractivity contribution is 0.0410. The number of hydrogen-bond acceptors (Lipinski definition) is 3. The molecule has 5 heteroatoms. The highest BCUT2D eigenvalue weighted by molar-refractivity contribution is 5.73. The lowest BCUT2D eigenvalue weighted by atomic mass is 9.98. The molecule has 2 amide bonds. The molecule has 2 N–H and O–H groups in total. The fourth-order valence-electron chi connectivity index (χ4n) is 3.27. The van der Waals surface area contributed by atoms with E-state index in [4.69, 9.17) is 0 Å². The van der Waals surface area contributed by atoms with Crippen molar-refractivity contribution in [3.8, 4) is 0 Å². The second kappa shape index (κ2) is 9.20. The molecule has 0 spiro atoms. The lowest BCUT2D eigenvalue weighted by Crippen LogP contribution is -2.58. The van der Waals surface area contributed by atoms with E-state index in [1.807, 2.05) is 6.07 Å². The zero-order chi connectivity index (χ0) is 18.3. The van der Waals surface area contributed by atoms with Crippen LogP contribution in [0.1, 0.15) is 38.7 Å². The molecule has 1 aliphatic heterocycles. The number of piperazine rings is 1. The average molecular weight is 347 g/mol. The van der Waals surface area contributed by atoms with Crippen LogP contribution in [0.5, 0.6) is 0 Å². The molecule has 0 aliphatic carbocycles. The summed E-state index contributed by atoms with van der Waals surface area (Å²) >= 11 is 0. The van der Waals surface area contributed by atoms with Crippen LogP contribution in [0.4, 0.5) is 4.79 Å². The van der Waals surface area contributed by atoms with E-state index in [0.29, 0.717) is 19.0 Å². The Morgan fingerprint density at radius 3 is 2.52 bits per heavy atom. The number of carbonyl (C=O) groups is 1. The molecular formula is C20H34N4O. The summed E-state index contributed by atoms with van der Waals surface area (Å²) in [6, 6.07) is 10.4. The van der Waals surface area contributed by atoms with Crippen molar-refractivity contribution < 1.29 is 4.79 Å². The first-order valence-electron chi connectivity index (χ1n) is 9.39. The SMILES string of the molecule is C[C@H](CCNC(=O)NCCN1CCN(C)C(C)(C)C1)c1ccccc1. The molecule has 1 aromatic carbocycles. The topological polar surface area (TPSA) is 47.6 Å². The predicted molar refractivity (Wildman–Crippen MR) is 104 cm³/mol. The molecule has 5 nitrogen and oxygen atoms in total. The second-order valence-corrected chi connectivity index (χ2v) is 7.79. The number of likely N-dealkylation sites (N-methyl/N-ethyl adjacent to an activating group) is 1. The van der Waals surface area contributed by atoms with Crippen LogP contribution in [0.15, 0.2) is 30.3 Å². The molecule has 2 rings (SSSR count). The highest BCUT2D eigenvalue weighted by atomic mass is 16.2. The molecule has 1 heterocycles. The Morgan fingerprint density at radius 2 is 1.84 bits per heavy atom. The molecule has 1 saturated heterocycles. The quantitative estimate of drug-likeness (QED) is 0.797. The molecule has 0 radical (unpaired) electrons. The molecule has 1 fully saturated rings. The van der Waals surface area contributed by atoms with Gasteiger partial charge in [0.05, 0.1) is 0 Å². The van der Waals surface area contributed by atoms with Crippen LogP contribution in [-0.2, 0) is 0 Å². The number of rotatable bonds is 7. The van der Waals surface area contributed by atoms with Gasteiger partial charge in [0.15, 0.2) is 0 Å². The van der Waals surface area contributed by atoms with Gasteiger partial charge in [-0.25, -0.2) is 4.79 Å². The van der Waals surface area contributed by atoms with Gasteiger partial charge in [0.1, 0.15) is 0 Å². The van der Waals surface area contributed by atoms with Gasteiger partial charge in [-0.05, 0) is 38.8 Å². The first kappa shape index (κ1) is 19.7. The minimum atomic E-state index is -0.0614. The number of carbonyl (C=O) groups excluding carboxylic acids is 1. The van der Waals surface area contributed by atoms with Crippen LogP contribution < -0.4 is 10.6 Å². The Balaban J connectivity index is 1.58. The second-order valence-electron chi connectivity index (χ2n) is 7.79. The third-order valence-corrected chi connectivity index (χ3v) is 5.34. The number of amides is 2. The summed E-state index contributed by atoms with van der Waals surface area (Å²) in [6.45, 7) is 12.2. The molecule has 0 aromatic heterocycles. The Hall–Kier alpha value is -1.59. The van der Waals surface area contributed by atoms with Gasteiger partial charge in [-0.1, -0.05) is 37.3 Å². The molecule has 140 valence electrons. The Morgan fingerprint density at radius 1 is 1.16 bits per heavy atom. The van der Waals surface area contributed by atoms with Gasteiger partial charge in [-0.3, -0.25) is 9.80 Å². The fraction of sp³-hybridized carbons (Fsp3) is 0.650. The van der Waals surface area contributed by atoms with Crippen molar-refractivity contribution >= 4 is 6.03 Å². The summed E-state index contributed by atoms with van der Waals surface area (Å²) in [6.07, 6.45) is 0.948. The number of hydrogen-bond donors (Lipinski definition) is 2. The van der Waals surface area contributed by atoms with E-state index in [1.54, 1.807) is 0 Å². The van der Waals surface area contributed by atoms with Crippen molar-refractivity contribution in [1.29, 1.82) is 0 Å². The molecular weight excluding hydrogens is 312 g/mol. The maximum Gasteiger partial charge on any atom is 0.314 e. The summed E-state index contributed by atoms with van der Waals surface area (Å²) in [5.41, 5.74) is 1.52. The molecule has 25 heavy (non-hydrogen) atoms. The predicted octanol–water partition coefficient (Wildman–Crippen LogP) is 2.51. The summed E-state index contributed by atoms with van der Waals surface area (Å²) in [5, 5.41) is 5.94. The van der Waals surface area contributed by atoms with Crippen LogP contribution in [0.25, 0.3) is 0 Å². The molecule has 1 aromatic rings. The van der Waals surface area contributed by atoms with Crippen LogP contribution in [-0.4, -0.2) is 67.7 Å². The molecule has 0 bridgehead atoms. The number of benzene rings is 1. The van der Waals surface area contributed by atoms with Crippen LogP contribution >= 0.6 is 0 Å². The Labute approximate surface area is 152 Å². The van der Waals surface area contributed by atoms with Crippen molar-refractivity contribution in [2.75, 3.05) is 46.3 Å². The van der Waals surface area contributed by atoms with Crippen molar-refractivity contribution in [1.82, 2.24) is 20.4 Å². The van der Waals surface area contributed by atoms with Crippen LogP contribution in [0.2, 0.25) is 0 Å². The van der Waals surface area contributed by atoms with Gasteiger partial charge in [0.2, 0.25) is 0 Å². The summed E-state index contributed by atoms with van der Waals surface area (Å²) in [7, 11) is 2.18. The van der Waals surface area contributed by atoms with Crippen LogP contribution in [0, 0.1) is 0 Å². The fourth-order valence-corrected chi connectivity index (χ4v) is 3.27. The third kappa shape index (κ3) is 6.33. The average Bonchev–Trinajstić information content (AvgIpc) is 2.58. The van der Waals surface area contributed by atoms with Gasteiger partial charge in [-0.15, -0.1) is 0 Å². The van der Waals surface area contributed by atoms with Gasteiger partial charge < -0.3 is 10.6 Å². The molecule has 0 saturated carbocycles. The van der Waals surface area contributed by atoms with Crippen molar-refractivity contribution in [2.45, 2.75) is 38.6 Å². The highest BCUT2D eigenvalue weighted by Crippen LogP contribution is 2.18. The van der Waals surface area contributed by atoms with Gasteiger partial charge in [-0.2, -0.15) is 0 Å². The van der Waals surface area contributed by atoms with Crippen molar-refractivity contribution in [3.63, 3.8) is 0 Å². The van der Waals surface area contributed by atoms with E-state index in [9.17, 15) is 4.79 Å². The van der Waals surface area contributed by atoms with Crippen molar-refractivity contribution in [2.24, 2.45) is 0 Å². The van der Waals surface area contributed by atoms with E-state index in [2.05, 4.69) is 72.5 Å². The Kier molecular flexibility index (Phi) is 7.26. The van der Waals surface area contributed by atoms with E-state index in [0.717, 1.165) is 32.6 Å². The normalized spacial score (nSPS) is 19.4. The first-order valence-corrected chi connectivity index (χ1v) is 9.39. The Bertz CT molecular complexity index is 532. The maximum atomic E-state index is 11.9. The zero-order valence-corrected chi connectivity index (χ0v) is 16.2. The molecule has 1 aliphatic rings. The van der Waals surface area contributed by atoms with Gasteiger partial charge in [0.25, 0.3) is 0 Å². The van der Waals surface area contributed by atoms with Crippen LogP contribution in [0.3, 0.4) is 0 Å². The molecule has 0 unspecified atom stereocenters. The van der Waals surface area contributed by atoms with Gasteiger partial charge >= 0.3 is 6.03 Å². The standard InChI is InChI=1S/C20H34N4O/c1-17(18-8-6-5-7-9-18)10-11-21-19(25)22-12-13-24-15-14-23(4)20(2,3)16-24/h5-9,17H,10-16H2,1-4H3,(H2,21,22,25)/t17-/m1/s1. The van der Waals surface area contributed by atoms with E-state index < -0.39 is 0 Å². The number of nitrogens with one attached hydrogen (secondary N) is 2.